The van der Waals surface area contributed by atoms with E-state index in [0.717, 1.165) is 6.07 Å². The first-order chi connectivity index (χ1) is 7.08. The van der Waals surface area contributed by atoms with Gasteiger partial charge in [0, 0.05) is 13.1 Å². The molecule has 0 aliphatic carbocycles. The van der Waals surface area contributed by atoms with Crippen molar-refractivity contribution in [3.05, 3.63) is 30.1 Å². The SMILES string of the molecule is CNCCNS(=O)(=O)c1ccccc1F. The van der Waals surface area contributed by atoms with Crippen molar-refractivity contribution < 1.29 is 12.8 Å². The number of nitrogens with one attached hydrogen (secondary N) is 2. The van der Waals surface area contributed by atoms with Crippen molar-refractivity contribution in [1.29, 1.82) is 0 Å². The molecule has 0 heterocycles. The van der Waals surface area contributed by atoms with Crippen molar-refractivity contribution in [1.82, 2.24) is 10.0 Å². The molecule has 0 unspecified atom stereocenters. The number of sulfonamides is 1. The number of hydrogen-bond donors (Lipinski definition) is 2. The summed E-state index contributed by atoms with van der Waals surface area (Å²) in [6.07, 6.45) is 0. The highest BCUT2D eigenvalue weighted by Gasteiger charge is 2.16. The standard InChI is InChI=1S/C9H13FN2O2S/c1-11-6-7-12-15(13,14)9-5-3-2-4-8(9)10/h2-5,11-12H,6-7H2,1H3. The van der Waals surface area contributed by atoms with E-state index < -0.39 is 15.8 Å². The third-order valence-electron chi connectivity index (χ3n) is 1.79. The van der Waals surface area contributed by atoms with Crippen LogP contribution in [0.4, 0.5) is 4.39 Å². The molecule has 0 saturated carbocycles. The zero-order chi connectivity index (χ0) is 11.3. The molecule has 0 saturated heterocycles. The minimum absolute atomic E-state index is 0.229. The van der Waals surface area contributed by atoms with E-state index in [4.69, 9.17) is 0 Å². The molecule has 4 nitrogen and oxygen atoms in total. The van der Waals surface area contributed by atoms with Gasteiger partial charge in [0.05, 0.1) is 0 Å². The van der Waals surface area contributed by atoms with Gasteiger partial charge in [-0.1, -0.05) is 12.1 Å². The maximum absolute atomic E-state index is 13.2. The van der Waals surface area contributed by atoms with E-state index in [1.165, 1.54) is 18.2 Å². The lowest BCUT2D eigenvalue weighted by molar-refractivity contribution is 0.556. The first-order valence-corrected chi connectivity index (χ1v) is 5.95. The molecular weight excluding hydrogens is 219 g/mol. The molecule has 0 spiro atoms. The zero-order valence-electron chi connectivity index (χ0n) is 8.33. The summed E-state index contributed by atoms with van der Waals surface area (Å²) < 4.78 is 38.5. The summed E-state index contributed by atoms with van der Waals surface area (Å²) in [4.78, 5) is -0.318. The van der Waals surface area contributed by atoms with Gasteiger partial charge in [-0.25, -0.2) is 17.5 Å². The van der Waals surface area contributed by atoms with Gasteiger partial charge >= 0.3 is 0 Å². The summed E-state index contributed by atoms with van der Waals surface area (Å²) in [5.41, 5.74) is 0. The average molecular weight is 232 g/mol. The molecule has 0 atom stereocenters. The lowest BCUT2D eigenvalue weighted by Gasteiger charge is -2.06. The van der Waals surface area contributed by atoms with Gasteiger partial charge in [0.2, 0.25) is 10.0 Å². The van der Waals surface area contributed by atoms with E-state index >= 15 is 0 Å². The molecule has 84 valence electrons. The predicted octanol–water partition coefficient (Wildman–Crippen LogP) is 0.323. The van der Waals surface area contributed by atoms with Crippen molar-refractivity contribution in [2.75, 3.05) is 20.1 Å². The Morgan fingerprint density at radius 1 is 1.27 bits per heavy atom. The molecular formula is C9H13FN2O2S. The van der Waals surface area contributed by atoms with E-state index in [2.05, 4.69) is 10.0 Å². The molecule has 1 aromatic carbocycles. The number of hydrogen-bond acceptors (Lipinski definition) is 3. The highest BCUT2D eigenvalue weighted by molar-refractivity contribution is 7.89. The Morgan fingerprint density at radius 2 is 1.93 bits per heavy atom. The summed E-state index contributed by atoms with van der Waals surface area (Å²) in [6.45, 7) is 0.723. The number of likely N-dealkylation sites (N-methyl/N-ethyl adjacent to an activating group) is 1. The van der Waals surface area contributed by atoms with Crippen LogP contribution < -0.4 is 10.0 Å². The highest BCUT2D eigenvalue weighted by atomic mass is 32.2. The fourth-order valence-corrected chi connectivity index (χ4v) is 2.16. The minimum atomic E-state index is -3.73. The second-order valence-electron chi connectivity index (χ2n) is 2.93. The Labute approximate surface area is 88.6 Å². The van der Waals surface area contributed by atoms with Crippen LogP contribution in [-0.4, -0.2) is 28.6 Å². The summed E-state index contributed by atoms with van der Waals surface area (Å²) in [6, 6.07) is 5.28. The van der Waals surface area contributed by atoms with Gasteiger partial charge in [-0.15, -0.1) is 0 Å². The van der Waals surface area contributed by atoms with Gasteiger partial charge in [0.25, 0.3) is 0 Å². The van der Waals surface area contributed by atoms with Crippen LogP contribution in [0.2, 0.25) is 0 Å². The Bertz CT molecular complexity index is 420. The Balaban J connectivity index is 2.83. The second kappa shape index (κ2) is 5.20. The van der Waals surface area contributed by atoms with Crippen LogP contribution in [0.3, 0.4) is 0 Å². The van der Waals surface area contributed by atoms with E-state index in [-0.39, 0.29) is 11.4 Å². The van der Waals surface area contributed by atoms with Gasteiger partial charge in [0.1, 0.15) is 10.7 Å². The van der Waals surface area contributed by atoms with Gasteiger partial charge in [-0.2, -0.15) is 0 Å². The van der Waals surface area contributed by atoms with E-state index in [9.17, 15) is 12.8 Å². The van der Waals surface area contributed by atoms with Gasteiger partial charge < -0.3 is 5.32 Å². The molecule has 0 amide bonds. The van der Waals surface area contributed by atoms with Crippen LogP contribution >= 0.6 is 0 Å². The van der Waals surface area contributed by atoms with Crippen LogP contribution in [0, 0.1) is 5.82 Å². The third-order valence-corrected chi connectivity index (χ3v) is 3.29. The van der Waals surface area contributed by atoms with Crippen LogP contribution in [0.5, 0.6) is 0 Å². The van der Waals surface area contributed by atoms with Gasteiger partial charge in [-0.3, -0.25) is 0 Å². The van der Waals surface area contributed by atoms with Gasteiger partial charge in [-0.05, 0) is 19.2 Å². The quantitative estimate of drug-likeness (QED) is 0.719. The zero-order valence-corrected chi connectivity index (χ0v) is 9.14. The van der Waals surface area contributed by atoms with E-state index in [0.29, 0.717) is 6.54 Å². The molecule has 0 bridgehead atoms. The molecule has 0 aromatic heterocycles. The molecule has 2 N–H and O–H groups in total. The monoisotopic (exact) mass is 232 g/mol. The smallest absolute Gasteiger partial charge is 0.243 e. The highest BCUT2D eigenvalue weighted by Crippen LogP contribution is 2.12. The van der Waals surface area contributed by atoms with Crippen molar-refractivity contribution in [2.24, 2.45) is 0 Å². The first-order valence-electron chi connectivity index (χ1n) is 4.47. The predicted molar refractivity (Wildman–Crippen MR) is 55.5 cm³/mol. The summed E-state index contributed by atoms with van der Waals surface area (Å²) >= 11 is 0. The van der Waals surface area contributed by atoms with E-state index in [1.54, 1.807) is 7.05 Å². The van der Waals surface area contributed by atoms with Crippen molar-refractivity contribution >= 4 is 10.0 Å². The molecule has 0 fully saturated rings. The summed E-state index contributed by atoms with van der Waals surface area (Å²) in [5, 5.41) is 2.79. The number of halogens is 1. The van der Waals surface area contributed by atoms with Crippen LogP contribution in [0.15, 0.2) is 29.2 Å². The molecule has 0 aliphatic heterocycles. The Morgan fingerprint density at radius 3 is 2.53 bits per heavy atom. The van der Waals surface area contributed by atoms with Crippen molar-refractivity contribution in [3.63, 3.8) is 0 Å². The van der Waals surface area contributed by atoms with Crippen LogP contribution in [0.25, 0.3) is 0 Å². The maximum Gasteiger partial charge on any atom is 0.243 e. The molecule has 6 heteroatoms. The lowest BCUT2D eigenvalue weighted by atomic mass is 10.4. The minimum Gasteiger partial charge on any atom is -0.318 e. The largest absolute Gasteiger partial charge is 0.318 e. The summed E-state index contributed by atoms with van der Waals surface area (Å²) in [7, 11) is -2.02. The van der Waals surface area contributed by atoms with Gasteiger partial charge in [0.15, 0.2) is 0 Å². The Hall–Kier alpha value is -0.980. The first kappa shape index (κ1) is 12.1. The number of benzene rings is 1. The molecule has 1 rings (SSSR count). The topological polar surface area (TPSA) is 58.2 Å². The maximum atomic E-state index is 13.2. The number of rotatable bonds is 5. The molecule has 0 aliphatic rings. The van der Waals surface area contributed by atoms with Crippen molar-refractivity contribution in [2.45, 2.75) is 4.90 Å². The fourth-order valence-electron chi connectivity index (χ4n) is 1.05. The van der Waals surface area contributed by atoms with E-state index in [1.807, 2.05) is 0 Å². The fraction of sp³-hybridized carbons (Fsp3) is 0.333. The van der Waals surface area contributed by atoms with Crippen LogP contribution in [0.1, 0.15) is 0 Å². The second-order valence-corrected chi connectivity index (χ2v) is 4.67. The molecule has 0 radical (unpaired) electrons. The summed E-state index contributed by atoms with van der Waals surface area (Å²) in [5.74, 6) is -0.741. The van der Waals surface area contributed by atoms with Crippen LogP contribution in [-0.2, 0) is 10.0 Å². The molecule has 1 aromatic rings. The molecule has 15 heavy (non-hydrogen) atoms. The third kappa shape index (κ3) is 3.26. The van der Waals surface area contributed by atoms with Crippen molar-refractivity contribution in [3.8, 4) is 0 Å². The normalized spacial score (nSPS) is 11.6. The average Bonchev–Trinajstić information content (AvgIpc) is 2.18. The Kier molecular flexibility index (Phi) is 4.19. The lowest BCUT2D eigenvalue weighted by Crippen LogP contribution is -2.31.